The largest absolute Gasteiger partial charge is 0.459 e. The molecule has 4 nitrogen and oxygen atoms in total. The highest BCUT2D eigenvalue weighted by Gasteiger charge is 2.21. The molecule has 19 heavy (non-hydrogen) atoms. The summed E-state index contributed by atoms with van der Waals surface area (Å²) >= 11 is 0. The number of esters is 1. The molecule has 0 radical (unpaired) electrons. The Morgan fingerprint density at radius 2 is 2.16 bits per heavy atom. The molecular formula is C15H22N2O2. The molecule has 0 aliphatic carbocycles. The lowest BCUT2D eigenvalue weighted by Gasteiger charge is -2.28. The van der Waals surface area contributed by atoms with Gasteiger partial charge in [-0.1, -0.05) is 12.1 Å². The number of carbonyl (C=O) groups is 1. The van der Waals surface area contributed by atoms with E-state index in [9.17, 15) is 4.79 Å². The van der Waals surface area contributed by atoms with Gasteiger partial charge in [-0.3, -0.25) is 0 Å². The van der Waals surface area contributed by atoms with E-state index in [1.165, 1.54) is 0 Å². The number of rotatable bonds is 4. The van der Waals surface area contributed by atoms with Gasteiger partial charge in [0, 0.05) is 13.1 Å². The van der Waals surface area contributed by atoms with Gasteiger partial charge in [-0.2, -0.15) is 0 Å². The van der Waals surface area contributed by atoms with Crippen LogP contribution in [0.4, 0.5) is 0 Å². The van der Waals surface area contributed by atoms with Gasteiger partial charge in [-0.25, -0.2) is 4.79 Å². The van der Waals surface area contributed by atoms with Crippen LogP contribution in [0.1, 0.15) is 28.8 Å². The Hall–Kier alpha value is -1.39. The van der Waals surface area contributed by atoms with Crippen LogP contribution in [0.5, 0.6) is 0 Å². The van der Waals surface area contributed by atoms with Crippen molar-refractivity contribution >= 4 is 5.97 Å². The fraction of sp³-hybridized carbons (Fsp3) is 0.533. The Balaban J connectivity index is 1.94. The number of hydrogen-bond acceptors (Lipinski definition) is 4. The summed E-state index contributed by atoms with van der Waals surface area (Å²) in [4.78, 5) is 14.3. The molecule has 2 N–H and O–H groups in total. The summed E-state index contributed by atoms with van der Waals surface area (Å²) in [5.41, 5.74) is 7.24. The summed E-state index contributed by atoms with van der Waals surface area (Å²) in [6.07, 6.45) is 2.69. The molecule has 1 aromatic rings. The summed E-state index contributed by atoms with van der Waals surface area (Å²) in [6, 6.07) is 7.55. The molecule has 0 spiro atoms. The Morgan fingerprint density at radius 1 is 1.42 bits per heavy atom. The van der Waals surface area contributed by atoms with Crippen LogP contribution in [0.3, 0.4) is 0 Å². The second-order valence-corrected chi connectivity index (χ2v) is 5.15. The van der Waals surface area contributed by atoms with Gasteiger partial charge < -0.3 is 15.4 Å². The molecule has 1 aliphatic heterocycles. The predicted octanol–water partition coefficient (Wildman–Crippen LogP) is 1.44. The minimum Gasteiger partial charge on any atom is -0.459 e. The number of likely N-dealkylation sites (tertiary alicyclic amines) is 1. The number of benzene rings is 1. The zero-order valence-corrected chi connectivity index (χ0v) is 11.5. The van der Waals surface area contributed by atoms with E-state index in [1.54, 1.807) is 6.07 Å². The zero-order valence-electron chi connectivity index (χ0n) is 11.5. The van der Waals surface area contributed by atoms with E-state index in [2.05, 4.69) is 11.9 Å². The number of hydrogen-bond donors (Lipinski definition) is 1. The SMILES string of the molecule is CN1CCC(OC(=O)c2cccc(CCN)c2)CC1. The van der Waals surface area contributed by atoms with E-state index < -0.39 is 0 Å². The number of carbonyl (C=O) groups excluding carboxylic acids is 1. The Bertz CT molecular complexity index is 426. The third kappa shape index (κ3) is 4.04. The van der Waals surface area contributed by atoms with Gasteiger partial charge in [-0.15, -0.1) is 0 Å². The standard InChI is InChI=1S/C15H22N2O2/c1-17-9-6-14(7-10-17)19-15(18)13-4-2-3-12(11-13)5-8-16/h2-4,11,14H,5-10,16H2,1H3. The first-order valence-corrected chi connectivity index (χ1v) is 6.87. The van der Waals surface area contributed by atoms with Gasteiger partial charge in [0.1, 0.15) is 6.10 Å². The predicted molar refractivity (Wildman–Crippen MR) is 75.1 cm³/mol. The maximum Gasteiger partial charge on any atom is 0.338 e. The summed E-state index contributed by atoms with van der Waals surface area (Å²) in [5, 5.41) is 0. The Morgan fingerprint density at radius 3 is 2.84 bits per heavy atom. The average molecular weight is 262 g/mol. The molecule has 0 aromatic heterocycles. The molecule has 104 valence electrons. The first kappa shape index (κ1) is 14.0. The van der Waals surface area contributed by atoms with Crippen molar-refractivity contribution in [1.82, 2.24) is 4.90 Å². The van der Waals surface area contributed by atoms with Crippen LogP contribution in [0.15, 0.2) is 24.3 Å². The molecule has 0 atom stereocenters. The molecule has 1 fully saturated rings. The molecule has 0 saturated carbocycles. The molecule has 0 amide bonds. The summed E-state index contributed by atoms with van der Waals surface area (Å²) in [7, 11) is 2.09. The zero-order chi connectivity index (χ0) is 13.7. The van der Waals surface area contributed by atoms with Crippen molar-refractivity contribution in [3.63, 3.8) is 0 Å². The van der Waals surface area contributed by atoms with Gasteiger partial charge in [-0.05, 0) is 50.6 Å². The maximum atomic E-state index is 12.1. The van der Waals surface area contributed by atoms with Crippen LogP contribution < -0.4 is 5.73 Å². The van der Waals surface area contributed by atoms with Crippen LogP contribution in [0, 0.1) is 0 Å². The third-order valence-corrected chi connectivity index (χ3v) is 3.53. The molecule has 0 unspecified atom stereocenters. The van der Waals surface area contributed by atoms with Gasteiger partial charge in [0.25, 0.3) is 0 Å². The fourth-order valence-corrected chi connectivity index (χ4v) is 2.34. The van der Waals surface area contributed by atoms with E-state index >= 15 is 0 Å². The van der Waals surface area contributed by atoms with E-state index in [0.29, 0.717) is 12.1 Å². The molecular weight excluding hydrogens is 240 g/mol. The van der Waals surface area contributed by atoms with Gasteiger partial charge in [0.2, 0.25) is 0 Å². The first-order chi connectivity index (χ1) is 9.19. The summed E-state index contributed by atoms with van der Waals surface area (Å²) in [6.45, 7) is 2.57. The molecule has 1 heterocycles. The Labute approximate surface area is 114 Å². The number of ether oxygens (including phenoxy) is 1. The van der Waals surface area contributed by atoms with Crippen molar-refractivity contribution in [3.8, 4) is 0 Å². The van der Waals surface area contributed by atoms with Crippen molar-refractivity contribution in [2.24, 2.45) is 5.73 Å². The minimum absolute atomic E-state index is 0.0573. The Kier molecular flexibility index (Phi) is 4.93. The number of piperidine rings is 1. The molecule has 1 aliphatic rings. The normalized spacial score (nSPS) is 17.4. The lowest BCUT2D eigenvalue weighted by molar-refractivity contribution is 0.0139. The van der Waals surface area contributed by atoms with E-state index in [-0.39, 0.29) is 12.1 Å². The highest BCUT2D eigenvalue weighted by Crippen LogP contribution is 2.15. The van der Waals surface area contributed by atoms with Crippen molar-refractivity contribution < 1.29 is 9.53 Å². The first-order valence-electron chi connectivity index (χ1n) is 6.87. The van der Waals surface area contributed by atoms with Crippen molar-refractivity contribution in [2.75, 3.05) is 26.7 Å². The summed E-state index contributed by atoms with van der Waals surface area (Å²) < 4.78 is 5.56. The van der Waals surface area contributed by atoms with Crippen LogP contribution in [0.2, 0.25) is 0 Å². The monoisotopic (exact) mass is 262 g/mol. The molecule has 0 bridgehead atoms. The summed E-state index contributed by atoms with van der Waals surface area (Å²) in [5.74, 6) is -0.214. The molecule has 1 saturated heterocycles. The second kappa shape index (κ2) is 6.68. The lowest BCUT2D eigenvalue weighted by Crippen LogP contribution is -2.35. The van der Waals surface area contributed by atoms with Crippen LogP contribution in [-0.4, -0.2) is 43.7 Å². The average Bonchev–Trinajstić information content (AvgIpc) is 2.42. The second-order valence-electron chi connectivity index (χ2n) is 5.15. The highest BCUT2D eigenvalue weighted by atomic mass is 16.5. The molecule has 1 aromatic carbocycles. The van der Waals surface area contributed by atoms with Crippen molar-refractivity contribution in [1.29, 1.82) is 0 Å². The smallest absolute Gasteiger partial charge is 0.338 e. The molecule has 2 rings (SSSR count). The van der Waals surface area contributed by atoms with E-state index in [4.69, 9.17) is 10.5 Å². The van der Waals surface area contributed by atoms with Crippen LogP contribution in [-0.2, 0) is 11.2 Å². The van der Waals surface area contributed by atoms with E-state index in [1.807, 2.05) is 18.2 Å². The van der Waals surface area contributed by atoms with Gasteiger partial charge in [0.05, 0.1) is 5.56 Å². The number of nitrogens with zero attached hydrogens (tertiary/aromatic N) is 1. The lowest BCUT2D eigenvalue weighted by atomic mass is 10.1. The maximum absolute atomic E-state index is 12.1. The van der Waals surface area contributed by atoms with Gasteiger partial charge in [0.15, 0.2) is 0 Å². The minimum atomic E-state index is -0.214. The highest BCUT2D eigenvalue weighted by molar-refractivity contribution is 5.89. The quantitative estimate of drug-likeness (QED) is 0.834. The van der Waals surface area contributed by atoms with Gasteiger partial charge >= 0.3 is 5.97 Å². The van der Waals surface area contributed by atoms with E-state index in [0.717, 1.165) is 37.9 Å². The topological polar surface area (TPSA) is 55.6 Å². The number of nitrogens with two attached hydrogens (primary N) is 1. The molecule has 4 heteroatoms. The van der Waals surface area contributed by atoms with Crippen molar-refractivity contribution in [3.05, 3.63) is 35.4 Å². The van der Waals surface area contributed by atoms with Crippen molar-refractivity contribution in [2.45, 2.75) is 25.4 Å². The van der Waals surface area contributed by atoms with Crippen LogP contribution in [0.25, 0.3) is 0 Å². The third-order valence-electron chi connectivity index (χ3n) is 3.53. The fourth-order valence-electron chi connectivity index (χ4n) is 2.34. The van der Waals surface area contributed by atoms with Crippen LogP contribution >= 0.6 is 0 Å².